The van der Waals surface area contributed by atoms with Crippen LogP contribution in [0.25, 0.3) is 0 Å². The molecule has 2 aromatic carbocycles. The summed E-state index contributed by atoms with van der Waals surface area (Å²) < 4.78 is 48.5. The fourth-order valence-electron chi connectivity index (χ4n) is 4.12. The minimum atomic E-state index is -4.46. The number of imide groups is 1. The molecule has 1 aliphatic heterocycles. The second-order valence-electron chi connectivity index (χ2n) is 9.30. The van der Waals surface area contributed by atoms with Crippen LogP contribution in [0, 0.1) is 0 Å². The maximum Gasteiger partial charge on any atom is 0.446 e. The lowest BCUT2D eigenvalue weighted by atomic mass is 10.0. The summed E-state index contributed by atoms with van der Waals surface area (Å²) in [5.74, 6) is 0.604. The topological polar surface area (TPSA) is 113 Å². The van der Waals surface area contributed by atoms with Crippen molar-refractivity contribution in [3.8, 4) is 11.5 Å². The lowest BCUT2D eigenvalue weighted by Gasteiger charge is -2.27. The maximum absolute atomic E-state index is 13.4. The van der Waals surface area contributed by atoms with E-state index in [1.165, 1.54) is 49.6 Å². The van der Waals surface area contributed by atoms with E-state index in [4.69, 9.17) is 9.47 Å². The summed E-state index contributed by atoms with van der Waals surface area (Å²) >= 11 is -0.286. The van der Waals surface area contributed by atoms with Gasteiger partial charge in [0.05, 0.1) is 25.6 Å². The second-order valence-corrected chi connectivity index (χ2v) is 10.4. The zero-order valence-corrected chi connectivity index (χ0v) is 23.2. The number of hydrogen-bond acceptors (Lipinski definition) is 7. The largest absolute Gasteiger partial charge is 0.497 e. The van der Waals surface area contributed by atoms with Crippen molar-refractivity contribution in [2.24, 2.45) is 0 Å². The van der Waals surface area contributed by atoms with Gasteiger partial charge in [-0.3, -0.25) is 10.1 Å². The summed E-state index contributed by atoms with van der Waals surface area (Å²) in [5.41, 5.74) is -4.58. The molecule has 0 unspecified atom stereocenters. The molecule has 10 nitrogen and oxygen atoms in total. The molecule has 216 valence electrons. The fourth-order valence-corrected chi connectivity index (χ4v) is 4.66. The highest BCUT2D eigenvalue weighted by Gasteiger charge is 2.51. The summed E-state index contributed by atoms with van der Waals surface area (Å²) in [6, 6.07) is 11.9. The van der Waals surface area contributed by atoms with E-state index >= 15 is 0 Å². The first-order valence-corrected chi connectivity index (χ1v) is 12.9. The number of hydrogen-bond donors (Lipinski definition) is 2. The molecule has 2 heterocycles. The van der Waals surface area contributed by atoms with Crippen LogP contribution in [0.1, 0.15) is 19.4 Å². The van der Waals surface area contributed by atoms with Gasteiger partial charge in [0.1, 0.15) is 22.9 Å². The summed E-state index contributed by atoms with van der Waals surface area (Å²) in [6.45, 7) is 3.16. The molecule has 0 bridgehead atoms. The molecule has 1 aromatic heterocycles. The molecular formula is C27H26F3N5O5S. The van der Waals surface area contributed by atoms with Crippen molar-refractivity contribution >= 4 is 46.9 Å². The number of alkyl halides is 3. The number of halogens is 3. The smallest absolute Gasteiger partial charge is 0.446 e. The van der Waals surface area contributed by atoms with Crippen molar-refractivity contribution in [3.05, 3.63) is 66.4 Å². The molecule has 41 heavy (non-hydrogen) atoms. The van der Waals surface area contributed by atoms with Gasteiger partial charge in [0.25, 0.3) is 5.91 Å². The van der Waals surface area contributed by atoms with Gasteiger partial charge in [-0.05, 0) is 79.7 Å². The van der Waals surface area contributed by atoms with Crippen LogP contribution < -0.4 is 25.0 Å². The number of anilines is 3. The Balaban J connectivity index is 1.47. The van der Waals surface area contributed by atoms with E-state index in [1.807, 2.05) is 0 Å². The van der Waals surface area contributed by atoms with Gasteiger partial charge in [-0.2, -0.15) is 13.2 Å². The van der Waals surface area contributed by atoms with Crippen LogP contribution in [0.5, 0.6) is 11.5 Å². The van der Waals surface area contributed by atoms with E-state index in [-0.39, 0.29) is 34.7 Å². The zero-order valence-electron chi connectivity index (χ0n) is 22.4. The Morgan fingerprint density at radius 3 is 2.34 bits per heavy atom. The van der Waals surface area contributed by atoms with E-state index < -0.39 is 29.0 Å². The highest BCUT2D eigenvalue weighted by Crippen LogP contribution is 2.39. The van der Waals surface area contributed by atoms with Gasteiger partial charge >= 0.3 is 17.6 Å². The Hall–Kier alpha value is -4.46. The van der Waals surface area contributed by atoms with Crippen LogP contribution in [0.2, 0.25) is 0 Å². The monoisotopic (exact) mass is 589 g/mol. The van der Waals surface area contributed by atoms with Gasteiger partial charge < -0.3 is 19.7 Å². The molecule has 2 N–H and O–H groups in total. The van der Waals surface area contributed by atoms with Gasteiger partial charge in [-0.15, -0.1) is 0 Å². The van der Waals surface area contributed by atoms with Crippen molar-refractivity contribution in [2.45, 2.75) is 36.3 Å². The number of methoxy groups -OCH3 is 2. The van der Waals surface area contributed by atoms with Crippen LogP contribution in [-0.4, -0.2) is 53.1 Å². The SMILES string of the molecule is COc1ccc(NC(=O)Nc2cc(CN3C(=O)N(c4ccc(SC(F)(F)F)cc4)C(=O)C3(C)C)ccn2)c(OC)c1. The number of rotatable bonds is 8. The van der Waals surface area contributed by atoms with Crippen LogP contribution in [-0.2, 0) is 11.3 Å². The number of ether oxygens (including phenoxy) is 2. The molecule has 0 saturated carbocycles. The first-order valence-electron chi connectivity index (χ1n) is 12.1. The van der Waals surface area contributed by atoms with Crippen molar-refractivity contribution < 1.29 is 37.0 Å². The number of pyridine rings is 1. The average molecular weight is 590 g/mol. The number of urea groups is 2. The third-order valence-corrected chi connectivity index (χ3v) is 6.95. The van der Waals surface area contributed by atoms with Gasteiger partial charge in [0.15, 0.2) is 0 Å². The van der Waals surface area contributed by atoms with Crippen LogP contribution in [0.4, 0.5) is 40.0 Å². The number of benzene rings is 2. The molecule has 4 rings (SSSR count). The number of amides is 5. The molecule has 1 saturated heterocycles. The minimum absolute atomic E-state index is 0.00119. The first kappa shape index (κ1) is 29.5. The van der Waals surface area contributed by atoms with E-state index in [0.717, 1.165) is 4.90 Å². The van der Waals surface area contributed by atoms with Gasteiger partial charge in [-0.25, -0.2) is 19.5 Å². The molecule has 0 radical (unpaired) electrons. The summed E-state index contributed by atoms with van der Waals surface area (Å²) in [6.07, 6.45) is 1.45. The number of thioether (sulfide) groups is 1. The van der Waals surface area contributed by atoms with Crippen molar-refractivity contribution in [1.29, 1.82) is 0 Å². The first-order chi connectivity index (χ1) is 19.3. The maximum atomic E-state index is 13.4. The second kappa shape index (κ2) is 11.6. The zero-order chi connectivity index (χ0) is 29.9. The highest BCUT2D eigenvalue weighted by atomic mass is 32.2. The summed E-state index contributed by atoms with van der Waals surface area (Å²) in [7, 11) is 2.97. The normalized spacial score (nSPS) is 14.7. The molecule has 14 heteroatoms. The molecule has 5 amide bonds. The van der Waals surface area contributed by atoms with Crippen LogP contribution in [0.15, 0.2) is 65.7 Å². The Bertz CT molecular complexity index is 1470. The molecule has 3 aromatic rings. The van der Waals surface area contributed by atoms with Gasteiger partial charge in [0.2, 0.25) is 0 Å². The number of nitrogens with one attached hydrogen (secondary N) is 2. The van der Waals surface area contributed by atoms with E-state index in [0.29, 0.717) is 22.7 Å². The number of nitrogens with zero attached hydrogens (tertiary/aromatic N) is 3. The lowest BCUT2D eigenvalue weighted by molar-refractivity contribution is -0.123. The summed E-state index contributed by atoms with van der Waals surface area (Å²) in [4.78, 5) is 45.6. The van der Waals surface area contributed by atoms with Crippen molar-refractivity contribution in [2.75, 3.05) is 29.8 Å². The Morgan fingerprint density at radius 1 is 1.00 bits per heavy atom. The van der Waals surface area contributed by atoms with Crippen molar-refractivity contribution in [3.63, 3.8) is 0 Å². The van der Waals surface area contributed by atoms with E-state index in [9.17, 15) is 27.6 Å². The molecule has 1 aliphatic rings. The Morgan fingerprint density at radius 2 is 1.71 bits per heavy atom. The number of aromatic nitrogens is 1. The molecule has 1 fully saturated rings. The van der Waals surface area contributed by atoms with Gasteiger partial charge in [0, 0.05) is 23.7 Å². The van der Waals surface area contributed by atoms with Gasteiger partial charge in [-0.1, -0.05) is 0 Å². The number of carbonyl (C=O) groups is 3. The quantitative estimate of drug-likeness (QED) is 0.241. The molecule has 0 atom stereocenters. The Kier molecular flexibility index (Phi) is 8.33. The number of carbonyl (C=O) groups excluding carboxylic acids is 3. The average Bonchev–Trinajstić information content (AvgIpc) is 3.07. The molecular weight excluding hydrogens is 563 g/mol. The predicted molar refractivity (Wildman–Crippen MR) is 147 cm³/mol. The van der Waals surface area contributed by atoms with E-state index in [2.05, 4.69) is 15.6 Å². The van der Waals surface area contributed by atoms with Crippen molar-refractivity contribution in [1.82, 2.24) is 9.88 Å². The highest BCUT2D eigenvalue weighted by molar-refractivity contribution is 8.00. The van der Waals surface area contributed by atoms with E-state index in [1.54, 1.807) is 44.2 Å². The standard InChI is InChI=1S/C27H26F3N5O5S/c1-26(2)23(36)35(17-5-8-19(9-6-17)41-27(28,29)30)25(38)34(26)15-16-11-12-31-22(13-16)33-24(37)32-20-10-7-18(39-3)14-21(20)40-4/h5-14H,15H2,1-4H3,(H2,31,32,33,37). The summed E-state index contributed by atoms with van der Waals surface area (Å²) in [5, 5.41) is 5.29. The lowest BCUT2D eigenvalue weighted by Crippen LogP contribution is -2.43. The molecule has 0 spiro atoms. The molecule has 0 aliphatic carbocycles. The minimum Gasteiger partial charge on any atom is -0.497 e. The van der Waals surface area contributed by atoms with Crippen LogP contribution in [0.3, 0.4) is 0 Å². The third-order valence-electron chi connectivity index (χ3n) is 6.22. The Labute approximate surface area is 237 Å². The third kappa shape index (κ3) is 6.65. The fraction of sp³-hybridized carbons (Fsp3) is 0.259. The van der Waals surface area contributed by atoms with Crippen LogP contribution >= 0.6 is 11.8 Å². The predicted octanol–water partition coefficient (Wildman–Crippen LogP) is 6.10.